The fraction of sp³-hybridized carbons (Fsp3) is 0.368. The van der Waals surface area contributed by atoms with Gasteiger partial charge in [-0.05, 0) is 56.4 Å². The number of benzene rings is 1. The van der Waals surface area contributed by atoms with Gasteiger partial charge in [0.1, 0.15) is 11.9 Å². The van der Waals surface area contributed by atoms with Crippen LogP contribution in [0.5, 0.6) is 5.88 Å². The average Bonchev–Trinajstić information content (AvgIpc) is 2.59. The quantitative estimate of drug-likeness (QED) is 0.932. The maximum atomic E-state index is 13.2. The van der Waals surface area contributed by atoms with Gasteiger partial charge in [-0.3, -0.25) is 4.79 Å². The molecular weight excluding hydrogens is 307 g/mol. The number of halogens is 1. The maximum absolute atomic E-state index is 13.2. The first-order chi connectivity index (χ1) is 11.6. The van der Waals surface area contributed by atoms with Crippen molar-refractivity contribution in [3.63, 3.8) is 0 Å². The normalized spacial score (nSPS) is 20.4. The minimum Gasteiger partial charge on any atom is -0.474 e. The Kier molecular flexibility index (Phi) is 5.08. The molecule has 0 aliphatic heterocycles. The van der Waals surface area contributed by atoms with Gasteiger partial charge < -0.3 is 10.1 Å². The van der Waals surface area contributed by atoms with Gasteiger partial charge in [-0.1, -0.05) is 12.1 Å². The monoisotopic (exact) mass is 328 g/mol. The van der Waals surface area contributed by atoms with Crippen LogP contribution in [0, 0.1) is 12.7 Å². The molecule has 0 bridgehead atoms. The van der Waals surface area contributed by atoms with Crippen LogP contribution in [0.3, 0.4) is 0 Å². The summed E-state index contributed by atoms with van der Waals surface area (Å²) in [5.74, 6) is 0.0253. The number of hydrogen-bond donors (Lipinski definition) is 1. The van der Waals surface area contributed by atoms with Crippen LogP contribution in [0.2, 0.25) is 0 Å². The number of amides is 1. The molecule has 1 amide bonds. The third-order valence-corrected chi connectivity index (χ3v) is 4.27. The fourth-order valence-electron chi connectivity index (χ4n) is 2.92. The van der Waals surface area contributed by atoms with E-state index < -0.39 is 5.82 Å². The third-order valence-electron chi connectivity index (χ3n) is 4.27. The van der Waals surface area contributed by atoms with Crippen molar-refractivity contribution in [2.24, 2.45) is 0 Å². The number of aryl methyl sites for hydroxylation is 1. The number of hydrogen-bond acceptors (Lipinski definition) is 3. The van der Waals surface area contributed by atoms with Gasteiger partial charge in [0, 0.05) is 23.9 Å². The molecule has 4 nitrogen and oxygen atoms in total. The first-order valence-electron chi connectivity index (χ1n) is 8.26. The van der Waals surface area contributed by atoms with Gasteiger partial charge >= 0.3 is 0 Å². The first kappa shape index (κ1) is 16.4. The van der Waals surface area contributed by atoms with Gasteiger partial charge in [-0.2, -0.15) is 0 Å². The lowest BCUT2D eigenvalue weighted by molar-refractivity contribution is 0.0889. The number of rotatable bonds is 4. The summed E-state index contributed by atoms with van der Waals surface area (Å²) in [4.78, 5) is 16.4. The van der Waals surface area contributed by atoms with Crippen molar-refractivity contribution in [1.82, 2.24) is 10.3 Å². The van der Waals surface area contributed by atoms with Crippen LogP contribution in [0.25, 0.3) is 0 Å². The molecule has 0 atom stereocenters. The van der Waals surface area contributed by atoms with E-state index in [-0.39, 0.29) is 18.1 Å². The number of carbonyl (C=O) groups excluding carboxylic acids is 1. The number of aromatic nitrogens is 1. The minimum atomic E-state index is -0.398. The summed E-state index contributed by atoms with van der Waals surface area (Å²) in [6.07, 6.45) is 5.34. The Morgan fingerprint density at radius 2 is 2.00 bits per heavy atom. The summed E-state index contributed by atoms with van der Waals surface area (Å²) < 4.78 is 19.1. The summed E-state index contributed by atoms with van der Waals surface area (Å²) in [7, 11) is 0. The van der Waals surface area contributed by atoms with Crippen molar-refractivity contribution in [1.29, 1.82) is 0 Å². The lowest BCUT2D eigenvalue weighted by atomic mass is 9.92. The van der Waals surface area contributed by atoms with Gasteiger partial charge in [-0.25, -0.2) is 9.37 Å². The summed E-state index contributed by atoms with van der Waals surface area (Å²) >= 11 is 0. The van der Waals surface area contributed by atoms with Crippen LogP contribution >= 0.6 is 0 Å². The number of carbonyl (C=O) groups is 1. The minimum absolute atomic E-state index is 0.103. The van der Waals surface area contributed by atoms with E-state index in [9.17, 15) is 9.18 Å². The molecular formula is C19H21FN2O2. The van der Waals surface area contributed by atoms with E-state index in [0.29, 0.717) is 11.4 Å². The van der Waals surface area contributed by atoms with Crippen molar-refractivity contribution in [2.45, 2.75) is 44.8 Å². The molecule has 1 N–H and O–H groups in total. The van der Waals surface area contributed by atoms with Gasteiger partial charge in [0.2, 0.25) is 5.88 Å². The highest BCUT2D eigenvalue weighted by molar-refractivity contribution is 5.94. The predicted octanol–water partition coefficient (Wildman–Crippen LogP) is 3.65. The SMILES string of the molecule is Cc1ccc(OC2CCC(NC(=O)c3cccc(F)c3)CC2)nc1. The number of nitrogens with one attached hydrogen (secondary N) is 1. The predicted molar refractivity (Wildman–Crippen MR) is 89.5 cm³/mol. The van der Waals surface area contributed by atoms with E-state index in [4.69, 9.17) is 4.74 Å². The summed E-state index contributed by atoms with van der Waals surface area (Å²) in [6, 6.07) is 9.72. The third kappa shape index (κ3) is 4.31. The Balaban J connectivity index is 1.48. The molecule has 1 aliphatic carbocycles. The van der Waals surface area contributed by atoms with Crippen LogP contribution < -0.4 is 10.1 Å². The fourth-order valence-corrected chi connectivity index (χ4v) is 2.92. The molecule has 1 saturated carbocycles. The van der Waals surface area contributed by atoms with Crippen molar-refractivity contribution >= 4 is 5.91 Å². The molecule has 1 aliphatic rings. The largest absolute Gasteiger partial charge is 0.474 e. The Morgan fingerprint density at radius 1 is 1.21 bits per heavy atom. The zero-order valence-electron chi connectivity index (χ0n) is 13.7. The molecule has 1 aromatic heterocycles. The second-order valence-corrected chi connectivity index (χ2v) is 6.25. The van der Waals surface area contributed by atoms with Crippen LogP contribution in [0.4, 0.5) is 4.39 Å². The van der Waals surface area contributed by atoms with Crippen molar-refractivity contribution in [3.05, 3.63) is 59.5 Å². The van der Waals surface area contributed by atoms with Crippen LogP contribution in [0.15, 0.2) is 42.6 Å². The zero-order valence-corrected chi connectivity index (χ0v) is 13.7. The van der Waals surface area contributed by atoms with Crippen LogP contribution in [-0.4, -0.2) is 23.0 Å². The van der Waals surface area contributed by atoms with Gasteiger partial charge in [0.15, 0.2) is 0 Å². The van der Waals surface area contributed by atoms with Gasteiger partial charge in [0.05, 0.1) is 0 Å². The van der Waals surface area contributed by atoms with E-state index in [2.05, 4.69) is 10.3 Å². The molecule has 3 rings (SSSR count). The zero-order chi connectivity index (χ0) is 16.9. The highest BCUT2D eigenvalue weighted by Crippen LogP contribution is 2.23. The molecule has 0 unspecified atom stereocenters. The molecule has 2 aromatic rings. The van der Waals surface area contributed by atoms with E-state index in [1.807, 2.05) is 19.1 Å². The van der Waals surface area contributed by atoms with Gasteiger partial charge in [0.25, 0.3) is 5.91 Å². The smallest absolute Gasteiger partial charge is 0.251 e. The molecule has 1 heterocycles. The van der Waals surface area contributed by atoms with E-state index in [1.54, 1.807) is 18.3 Å². The lowest BCUT2D eigenvalue weighted by Gasteiger charge is -2.29. The highest BCUT2D eigenvalue weighted by atomic mass is 19.1. The molecule has 5 heteroatoms. The number of pyridine rings is 1. The lowest BCUT2D eigenvalue weighted by Crippen LogP contribution is -2.39. The average molecular weight is 328 g/mol. The molecule has 126 valence electrons. The second-order valence-electron chi connectivity index (χ2n) is 6.25. The first-order valence-corrected chi connectivity index (χ1v) is 8.26. The number of ether oxygens (including phenoxy) is 1. The Bertz CT molecular complexity index is 695. The molecule has 0 radical (unpaired) electrons. The molecule has 24 heavy (non-hydrogen) atoms. The van der Waals surface area contributed by atoms with Crippen molar-refractivity contribution in [2.75, 3.05) is 0 Å². The standard InChI is InChI=1S/C19H21FN2O2/c1-13-5-10-18(21-12-13)24-17-8-6-16(7-9-17)22-19(23)14-3-2-4-15(20)11-14/h2-5,10-12,16-17H,6-9H2,1H3,(H,22,23). The molecule has 1 fully saturated rings. The van der Waals surface area contributed by atoms with Crippen LogP contribution in [-0.2, 0) is 0 Å². The van der Waals surface area contributed by atoms with Crippen molar-refractivity contribution < 1.29 is 13.9 Å². The second kappa shape index (κ2) is 7.43. The van der Waals surface area contributed by atoms with Crippen molar-refractivity contribution in [3.8, 4) is 5.88 Å². The Labute approximate surface area is 141 Å². The molecule has 0 saturated heterocycles. The molecule has 0 spiro atoms. The van der Waals surface area contributed by atoms with E-state index in [1.165, 1.54) is 12.1 Å². The Hall–Kier alpha value is -2.43. The van der Waals surface area contributed by atoms with E-state index in [0.717, 1.165) is 31.2 Å². The summed E-state index contributed by atoms with van der Waals surface area (Å²) in [6.45, 7) is 1.99. The maximum Gasteiger partial charge on any atom is 0.251 e. The van der Waals surface area contributed by atoms with Crippen LogP contribution in [0.1, 0.15) is 41.6 Å². The Morgan fingerprint density at radius 3 is 2.67 bits per heavy atom. The highest BCUT2D eigenvalue weighted by Gasteiger charge is 2.24. The molecule has 1 aromatic carbocycles. The van der Waals surface area contributed by atoms with E-state index >= 15 is 0 Å². The number of nitrogens with zero attached hydrogens (tertiary/aromatic N) is 1. The summed E-state index contributed by atoms with van der Waals surface area (Å²) in [5.41, 5.74) is 1.46. The summed E-state index contributed by atoms with van der Waals surface area (Å²) in [5, 5.41) is 2.98. The topological polar surface area (TPSA) is 51.2 Å². The van der Waals surface area contributed by atoms with Gasteiger partial charge in [-0.15, -0.1) is 0 Å².